The lowest BCUT2D eigenvalue weighted by Gasteiger charge is -2.02. The SMILES string of the molecule is NC(=O)Oc1ccsc1-c1ccc(N)cn1. The monoisotopic (exact) mass is 235 g/mol. The summed E-state index contributed by atoms with van der Waals surface area (Å²) >= 11 is 1.41. The lowest BCUT2D eigenvalue weighted by Crippen LogP contribution is -2.16. The van der Waals surface area contributed by atoms with Crippen LogP contribution in [-0.2, 0) is 0 Å². The molecule has 6 heteroatoms. The number of nitrogens with two attached hydrogens (primary N) is 2. The first-order valence-corrected chi connectivity index (χ1v) is 5.31. The number of ether oxygens (including phenoxy) is 1. The van der Waals surface area contributed by atoms with Gasteiger partial charge in [-0.15, -0.1) is 11.3 Å². The fourth-order valence-electron chi connectivity index (χ4n) is 1.21. The summed E-state index contributed by atoms with van der Waals surface area (Å²) in [4.78, 5) is 15.6. The van der Waals surface area contributed by atoms with E-state index in [4.69, 9.17) is 16.2 Å². The molecule has 0 aliphatic heterocycles. The molecular formula is C10H9N3O2S. The van der Waals surface area contributed by atoms with E-state index < -0.39 is 6.09 Å². The Balaban J connectivity index is 2.36. The average molecular weight is 235 g/mol. The molecule has 0 fully saturated rings. The Morgan fingerprint density at radius 2 is 2.19 bits per heavy atom. The molecule has 0 spiro atoms. The molecule has 0 bridgehead atoms. The number of carbonyl (C=O) groups excluding carboxylic acids is 1. The summed E-state index contributed by atoms with van der Waals surface area (Å²) < 4.78 is 4.85. The third kappa shape index (κ3) is 2.12. The van der Waals surface area contributed by atoms with Gasteiger partial charge in [0.2, 0.25) is 0 Å². The van der Waals surface area contributed by atoms with Crippen LogP contribution in [0.5, 0.6) is 5.75 Å². The fraction of sp³-hybridized carbons (Fsp3) is 0. The zero-order valence-electron chi connectivity index (χ0n) is 8.21. The van der Waals surface area contributed by atoms with Crippen LogP contribution >= 0.6 is 11.3 Å². The number of amides is 1. The van der Waals surface area contributed by atoms with Gasteiger partial charge >= 0.3 is 6.09 Å². The standard InChI is InChI=1S/C10H9N3O2S/c11-6-1-2-7(13-5-6)9-8(3-4-16-9)15-10(12)14/h1-5H,11H2,(H2,12,14). The number of hydrogen-bond acceptors (Lipinski definition) is 5. The topological polar surface area (TPSA) is 91.2 Å². The quantitative estimate of drug-likeness (QED) is 0.830. The lowest BCUT2D eigenvalue weighted by molar-refractivity contribution is 0.211. The number of aromatic nitrogens is 1. The van der Waals surface area contributed by atoms with Gasteiger partial charge in [0.1, 0.15) is 0 Å². The lowest BCUT2D eigenvalue weighted by atomic mass is 10.3. The van der Waals surface area contributed by atoms with Crippen molar-refractivity contribution in [2.75, 3.05) is 5.73 Å². The minimum atomic E-state index is -0.838. The van der Waals surface area contributed by atoms with Crippen molar-refractivity contribution in [3.05, 3.63) is 29.8 Å². The van der Waals surface area contributed by atoms with E-state index in [0.717, 1.165) is 4.88 Å². The van der Waals surface area contributed by atoms with Crippen molar-refractivity contribution in [3.8, 4) is 16.3 Å². The maximum atomic E-state index is 10.7. The van der Waals surface area contributed by atoms with Gasteiger partial charge in [0, 0.05) is 0 Å². The van der Waals surface area contributed by atoms with E-state index in [0.29, 0.717) is 17.1 Å². The first kappa shape index (κ1) is 10.4. The molecule has 0 unspecified atom stereocenters. The Morgan fingerprint density at radius 3 is 2.81 bits per heavy atom. The van der Waals surface area contributed by atoms with Crippen LogP contribution in [0.3, 0.4) is 0 Å². The van der Waals surface area contributed by atoms with Crippen molar-refractivity contribution >= 4 is 23.1 Å². The molecular weight excluding hydrogens is 226 g/mol. The molecule has 2 aromatic heterocycles. The predicted molar refractivity (Wildman–Crippen MR) is 62.2 cm³/mol. The van der Waals surface area contributed by atoms with Crippen molar-refractivity contribution in [1.29, 1.82) is 0 Å². The third-order valence-electron chi connectivity index (χ3n) is 1.86. The van der Waals surface area contributed by atoms with Crippen LogP contribution in [0.15, 0.2) is 29.8 Å². The summed E-state index contributed by atoms with van der Waals surface area (Å²) in [6, 6.07) is 5.16. The van der Waals surface area contributed by atoms with Crippen LogP contribution < -0.4 is 16.2 Å². The van der Waals surface area contributed by atoms with Crippen molar-refractivity contribution in [2.45, 2.75) is 0 Å². The highest BCUT2D eigenvalue weighted by molar-refractivity contribution is 7.14. The van der Waals surface area contributed by atoms with Crippen molar-refractivity contribution in [1.82, 2.24) is 4.98 Å². The molecule has 2 aromatic rings. The van der Waals surface area contributed by atoms with E-state index in [2.05, 4.69) is 4.98 Å². The molecule has 5 nitrogen and oxygen atoms in total. The largest absolute Gasteiger partial charge is 0.410 e. The molecule has 0 aliphatic rings. The number of rotatable bonds is 2. The minimum Gasteiger partial charge on any atom is -0.409 e. The summed E-state index contributed by atoms with van der Waals surface area (Å²) in [5.74, 6) is 0.412. The molecule has 2 heterocycles. The van der Waals surface area contributed by atoms with E-state index in [-0.39, 0.29) is 0 Å². The first-order chi connectivity index (χ1) is 7.66. The van der Waals surface area contributed by atoms with Crippen LogP contribution in [0.4, 0.5) is 10.5 Å². The molecule has 82 valence electrons. The zero-order chi connectivity index (χ0) is 11.5. The van der Waals surface area contributed by atoms with E-state index >= 15 is 0 Å². The minimum absolute atomic E-state index is 0.412. The average Bonchev–Trinajstić information content (AvgIpc) is 2.66. The second-order valence-electron chi connectivity index (χ2n) is 3.01. The van der Waals surface area contributed by atoms with E-state index in [1.165, 1.54) is 11.3 Å². The second-order valence-corrected chi connectivity index (χ2v) is 3.93. The smallest absolute Gasteiger partial charge is 0.409 e. The van der Waals surface area contributed by atoms with Gasteiger partial charge in [0.25, 0.3) is 0 Å². The van der Waals surface area contributed by atoms with E-state index in [9.17, 15) is 4.79 Å². The Bertz CT molecular complexity index is 507. The number of anilines is 1. The molecule has 0 saturated carbocycles. The van der Waals surface area contributed by atoms with Gasteiger partial charge in [-0.3, -0.25) is 4.98 Å². The molecule has 0 aromatic carbocycles. The Hall–Kier alpha value is -2.08. The van der Waals surface area contributed by atoms with Crippen LogP contribution in [0.1, 0.15) is 0 Å². The van der Waals surface area contributed by atoms with Crippen LogP contribution in [0.2, 0.25) is 0 Å². The normalized spacial score (nSPS) is 10.0. The molecule has 2 rings (SSSR count). The Labute approximate surface area is 95.7 Å². The number of carbonyl (C=O) groups is 1. The Kier molecular flexibility index (Phi) is 2.74. The second kappa shape index (κ2) is 4.19. The molecule has 0 radical (unpaired) electrons. The number of nitrogens with zero attached hydrogens (tertiary/aromatic N) is 1. The molecule has 1 amide bonds. The summed E-state index contributed by atoms with van der Waals surface area (Å²) in [5.41, 5.74) is 11.8. The summed E-state index contributed by atoms with van der Waals surface area (Å²) in [5, 5.41) is 1.80. The number of hydrogen-bond donors (Lipinski definition) is 2. The van der Waals surface area contributed by atoms with Crippen LogP contribution in [0, 0.1) is 0 Å². The highest BCUT2D eigenvalue weighted by Crippen LogP contribution is 2.34. The summed E-state index contributed by atoms with van der Waals surface area (Å²) in [6.45, 7) is 0. The number of primary amides is 1. The first-order valence-electron chi connectivity index (χ1n) is 4.43. The van der Waals surface area contributed by atoms with E-state index in [1.54, 1.807) is 29.8 Å². The predicted octanol–water partition coefficient (Wildman–Crippen LogP) is 1.85. The van der Waals surface area contributed by atoms with Gasteiger partial charge in [-0.25, -0.2) is 4.79 Å². The van der Waals surface area contributed by atoms with Gasteiger partial charge in [-0.05, 0) is 23.6 Å². The Morgan fingerprint density at radius 1 is 1.38 bits per heavy atom. The third-order valence-corrected chi connectivity index (χ3v) is 2.78. The van der Waals surface area contributed by atoms with E-state index in [1.807, 2.05) is 0 Å². The molecule has 0 saturated heterocycles. The van der Waals surface area contributed by atoms with Crippen LogP contribution in [0.25, 0.3) is 10.6 Å². The molecule has 0 aliphatic carbocycles. The number of nitrogen functional groups attached to an aromatic ring is 1. The fourth-order valence-corrected chi connectivity index (χ4v) is 2.01. The maximum absolute atomic E-state index is 10.7. The maximum Gasteiger partial charge on any atom is 0.410 e. The van der Waals surface area contributed by atoms with Crippen molar-refractivity contribution in [3.63, 3.8) is 0 Å². The van der Waals surface area contributed by atoms with Gasteiger partial charge in [0.05, 0.1) is 22.5 Å². The van der Waals surface area contributed by atoms with Crippen molar-refractivity contribution < 1.29 is 9.53 Å². The van der Waals surface area contributed by atoms with Gasteiger partial charge < -0.3 is 16.2 Å². The summed E-state index contributed by atoms with van der Waals surface area (Å²) in [7, 11) is 0. The van der Waals surface area contributed by atoms with Gasteiger partial charge in [-0.1, -0.05) is 0 Å². The summed E-state index contributed by atoms with van der Waals surface area (Å²) in [6.07, 6.45) is 0.707. The highest BCUT2D eigenvalue weighted by atomic mass is 32.1. The molecule has 4 N–H and O–H groups in total. The van der Waals surface area contributed by atoms with Gasteiger partial charge in [0.15, 0.2) is 5.75 Å². The van der Waals surface area contributed by atoms with Crippen LogP contribution in [-0.4, -0.2) is 11.1 Å². The molecule has 0 atom stereocenters. The number of pyridine rings is 1. The number of thiophene rings is 1. The van der Waals surface area contributed by atoms with Gasteiger partial charge in [-0.2, -0.15) is 0 Å². The highest BCUT2D eigenvalue weighted by Gasteiger charge is 2.11. The van der Waals surface area contributed by atoms with Crippen molar-refractivity contribution in [2.24, 2.45) is 5.73 Å². The zero-order valence-corrected chi connectivity index (χ0v) is 9.03. The molecule has 16 heavy (non-hydrogen) atoms.